The topological polar surface area (TPSA) is 15.7 Å². The van der Waals surface area contributed by atoms with Crippen molar-refractivity contribution in [2.45, 2.75) is 44.4 Å². The molecular weight excluding hydrogens is 375 g/mol. The van der Waals surface area contributed by atoms with Crippen LogP contribution >= 0.6 is 11.6 Å². The molecule has 4 rings (SSSR count). The van der Waals surface area contributed by atoms with Crippen molar-refractivity contribution in [3.63, 3.8) is 0 Å². The average molecular weight is 403 g/mol. The van der Waals surface area contributed by atoms with Gasteiger partial charge in [-0.2, -0.15) is 0 Å². The zero-order chi connectivity index (χ0) is 19.5. The fourth-order valence-electron chi connectivity index (χ4n) is 4.53. The van der Waals surface area contributed by atoms with Crippen LogP contribution in [0.5, 0.6) is 0 Å². The minimum Gasteiger partial charge on any atom is -0.376 e. The van der Waals surface area contributed by atoms with Crippen LogP contribution in [0.4, 0.5) is 10.1 Å². The molecule has 2 aromatic carbocycles. The van der Waals surface area contributed by atoms with Crippen molar-refractivity contribution in [3.8, 4) is 0 Å². The highest BCUT2D eigenvalue weighted by atomic mass is 35.5. The summed E-state index contributed by atoms with van der Waals surface area (Å²) in [5.74, 6) is -0.124. The number of rotatable bonds is 4. The highest BCUT2D eigenvalue weighted by Crippen LogP contribution is 2.28. The van der Waals surface area contributed by atoms with E-state index in [1.807, 2.05) is 24.3 Å². The van der Waals surface area contributed by atoms with Crippen LogP contribution in [0.25, 0.3) is 0 Å². The van der Waals surface area contributed by atoms with E-state index < -0.39 is 0 Å². The molecule has 0 radical (unpaired) electrons. The molecule has 2 atom stereocenters. The van der Waals surface area contributed by atoms with E-state index in [1.165, 1.54) is 5.56 Å². The van der Waals surface area contributed by atoms with Gasteiger partial charge in [-0.15, -0.1) is 0 Å². The Labute approximate surface area is 172 Å². The Hall–Kier alpha value is -1.62. The summed E-state index contributed by atoms with van der Waals surface area (Å²) in [6, 6.07) is 16.1. The Morgan fingerprint density at radius 1 is 1.07 bits per heavy atom. The van der Waals surface area contributed by atoms with Gasteiger partial charge in [0.15, 0.2) is 0 Å². The van der Waals surface area contributed by atoms with E-state index in [4.69, 9.17) is 16.3 Å². The van der Waals surface area contributed by atoms with Gasteiger partial charge in [0.05, 0.1) is 18.4 Å². The van der Waals surface area contributed by atoms with E-state index in [9.17, 15) is 4.39 Å². The predicted octanol–water partition coefficient (Wildman–Crippen LogP) is 4.78. The second-order valence-electron chi connectivity index (χ2n) is 7.99. The monoisotopic (exact) mass is 402 g/mol. The molecule has 28 heavy (non-hydrogen) atoms. The number of morpholine rings is 1. The largest absolute Gasteiger partial charge is 0.376 e. The molecule has 0 N–H and O–H groups in total. The lowest BCUT2D eigenvalue weighted by atomic mass is 9.96. The van der Waals surface area contributed by atoms with E-state index in [0.717, 1.165) is 56.2 Å². The summed E-state index contributed by atoms with van der Waals surface area (Å²) in [7, 11) is 0. The maximum Gasteiger partial charge on any atom is 0.146 e. The van der Waals surface area contributed by atoms with Gasteiger partial charge in [0.25, 0.3) is 0 Å². The Morgan fingerprint density at radius 3 is 2.50 bits per heavy atom. The van der Waals surface area contributed by atoms with Gasteiger partial charge in [-0.05, 0) is 56.0 Å². The molecule has 2 fully saturated rings. The second-order valence-corrected chi connectivity index (χ2v) is 8.43. The fraction of sp³-hybridized carbons (Fsp3) is 0.478. The van der Waals surface area contributed by atoms with Crippen LogP contribution in [0.3, 0.4) is 0 Å². The van der Waals surface area contributed by atoms with Crippen LogP contribution < -0.4 is 4.90 Å². The highest BCUT2D eigenvalue weighted by Gasteiger charge is 2.34. The van der Waals surface area contributed by atoms with Gasteiger partial charge in [-0.3, -0.25) is 4.90 Å². The van der Waals surface area contributed by atoms with E-state index >= 15 is 0 Å². The second kappa shape index (κ2) is 8.81. The first-order valence-corrected chi connectivity index (χ1v) is 10.6. The van der Waals surface area contributed by atoms with Crippen LogP contribution in [-0.4, -0.2) is 49.3 Å². The molecule has 2 aromatic rings. The van der Waals surface area contributed by atoms with Gasteiger partial charge in [0, 0.05) is 36.7 Å². The van der Waals surface area contributed by atoms with Gasteiger partial charge in [0.1, 0.15) is 5.82 Å². The molecule has 2 aliphatic heterocycles. The fourth-order valence-corrected chi connectivity index (χ4v) is 4.66. The summed E-state index contributed by atoms with van der Waals surface area (Å²) in [5, 5.41) is 0.773. The maximum atomic E-state index is 14.1. The molecule has 2 aliphatic rings. The van der Waals surface area contributed by atoms with Crippen LogP contribution in [0.1, 0.15) is 25.3 Å². The van der Waals surface area contributed by atoms with Crippen molar-refractivity contribution in [2.75, 3.05) is 31.1 Å². The summed E-state index contributed by atoms with van der Waals surface area (Å²) in [6.07, 6.45) is 3.33. The Morgan fingerprint density at radius 2 is 1.79 bits per heavy atom. The maximum absolute atomic E-state index is 14.1. The first-order chi connectivity index (χ1) is 13.6. The van der Waals surface area contributed by atoms with Crippen LogP contribution in [0.2, 0.25) is 5.02 Å². The Kier molecular flexibility index (Phi) is 6.19. The molecule has 0 bridgehead atoms. The standard InChI is InChI=1S/C23H28ClFN2O/c1-17-15-27(21(16-28-17)14-18-6-8-19(24)9-7-18)20-10-12-26(13-11-20)23-5-3-2-4-22(23)25/h2-9,17,20-21H,10-16H2,1H3/t17-,21-/m0/s1. The SMILES string of the molecule is C[C@H]1CN(C2CCN(c3ccccc3F)CC2)[C@@H](Cc2ccc(Cl)cc2)CO1. The quantitative estimate of drug-likeness (QED) is 0.731. The van der Waals surface area contributed by atoms with Crippen LogP contribution in [-0.2, 0) is 11.2 Å². The molecule has 0 spiro atoms. The van der Waals surface area contributed by atoms with Crippen molar-refractivity contribution < 1.29 is 9.13 Å². The summed E-state index contributed by atoms with van der Waals surface area (Å²) >= 11 is 6.03. The van der Waals surface area contributed by atoms with Crippen molar-refractivity contribution >= 4 is 17.3 Å². The molecule has 0 saturated carbocycles. The molecule has 0 unspecified atom stereocenters. The number of nitrogens with zero attached hydrogens (tertiary/aromatic N) is 2. The van der Waals surface area contributed by atoms with Gasteiger partial charge >= 0.3 is 0 Å². The smallest absolute Gasteiger partial charge is 0.146 e. The summed E-state index contributed by atoms with van der Waals surface area (Å²) in [6.45, 7) is 5.66. The lowest BCUT2D eigenvalue weighted by molar-refractivity contribution is -0.0745. The van der Waals surface area contributed by atoms with E-state index in [-0.39, 0.29) is 11.9 Å². The Balaban J connectivity index is 1.42. The predicted molar refractivity (Wildman–Crippen MR) is 113 cm³/mol. The van der Waals surface area contributed by atoms with Crippen molar-refractivity contribution in [1.29, 1.82) is 0 Å². The first kappa shape index (κ1) is 19.7. The molecular formula is C23H28ClFN2O. The third-order valence-electron chi connectivity index (χ3n) is 6.02. The normalized spacial score (nSPS) is 24.5. The van der Waals surface area contributed by atoms with E-state index in [0.29, 0.717) is 12.1 Å². The molecule has 0 amide bonds. The number of hydrogen-bond acceptors (Lipinski definition) is 3. The van der Waals surface area contributed by atoms with Crippen molar-refractivity contribution in [1.82, 2.24) is 4.90 Å². The zero-order valence-electron chi connectivity index (χ0n) is 16.4. The van der Waals surface area contributed by atoms with Crippen LogP contribution in [0.15, 0.2) is 48.5 Å². The van der Waals surface area contributed by atoms with Gasteiger partial charge in [-0.1, -0.05) is 35.9 Å². The summed E-state index contributed by atoms with van der Waals surface area (Å²) in [4.78, 5) is 4.82. The molecule has 0 aromatic heterocycles. The van der Waals surface area contributed by atoms with Gasteiger partial charge in [0.2, 0.25) is 0 Å². The van der Waals surface area contributed by atoms with E-state index in [2.05, 4.69) is 28.9 Å². The lowest BCUT2D eigenvalue weighted by Crippen LogP contribution is -2.56. The number of ether oxygens (including phenoxy) is 1. The number of para-hydroxylation sites is 1. The molecule has 2 saturated heterocycles. The third-order valence-corrected chi connectivity index (χ3v) is 6.27. The minimum atomic E-state index is -0.124. The molecule has 2 heterocycles. The first-order valence-electron chi connectivity index (χ1n) is 10.2. The number of piperidine rings is 1. The molecule has 150 valence electrons. The number of hydrogen-bond donors (Lipinski definition) is 0. The number of halogens is 2. The minimum absolute atomic E-state index is 0.124. The highest BCUT2D eigenvalue weighted by molar-refractivity contribution is 6.30. The van der Waals surface area contributed by atoms with Crippen molar-refractivity contribution in [3.05, 3.63) is 64.9 Å². The number of anilines is 1. The van der Waals surface area contributed by atoms with E-state index in [1.54, 1.807) is 12.1 Å². The summed E-state index contributed by atoms with van der Waals surface area (Å²) in [5.41, 5.74) is 2.02. The Bertz CT molecular complexity index is 776. The molecule has 5 heteroatoms. The average Bonchev–Trinajstić information content (AvgIpc) is 2.71. The van der Waals surface area contributed by atoms with Gasteiger partial charge < -0.3 is 9.64 Å². The molecule has 0 aliphatic carbocycles. The summed E-state index contributed by atoms with van der Waals surface area (Å²) < 4.78 is 20.1. The zero-order valence-corrected chi connectivity index (χ0v) is 17.1. The van der Waals surface area contributed by atoms with Crippen molar-refractivity contribution in [2.24, 2.45) is 0 Å². The molecule has 3 nitrogen and oxygen atoms in total. The third kappa shape index (κ3) is 4.51. The van der Waals surface area contributed by atoms with Gasteiger partial charge in [-0.25, -0.2) is 4.39 Å². The van der Waals surface area contributed by atoms with Crippen LogP contribution in [0, 0.1) is 5.82 Å². The number of benzene rings is 2. The lowest BCUT2D eigenvalue weighted by Gasteiger charge is -2.46.